The van der Waals surface area contributed by atoms with E-state index in [1.807, 2.05) is 25.1 Å². The minimum Gasteiger partial charge on any atom is -0.340 e. The fraction of sp³-hybridized carbons (Fsp3) is 0.333. The predicted octanol–water partition coefficient (Wildman–Crippen LogP) is 3.05. The number of hydrogen-bond acceptors (Lipinski definition) is 4. The first-order valence-electron chi connectivity index (χ1n) is 9.37. The van der Waals surface area contributed by atoms with E-state index in [2.05, 4.69) is 15.0 Å². The number of rotatable bonds is 3. The quantitative estimate of drug-likeness (QED) is 0.684. The van der Waals surface area contributed by atoms with Crippen LogP contribution in [-0.2, 0) is 0 Å². The van der Waals surface area contributed by atoms with Gasteiger partial charge in [0.1, 0.15) is 11.4 Å². The first-order chi connectivity index (χ1) is 13.3. The van der Waals surface area contributed by atoms with Gasteiger partial charge in [-0.25, -0.2) is 4.98 Å². The highest BCUT2D eigenvalue weighted by Gasteiger charge is 2.34. The van der Waals surface area contributed by atoms with Crippen molar-refractivity contribution in [1.29, 1.82) is 0 Å². The van der Waals surface area contributed by atoms with E-state index in [1.165, 1.54) is 13.0 Å². The number of H-pyrrole nitrogens is 2. The first-order valence-corrected chi connectivity index (χ1v) is 9.37. The maximum Gasteiger partial charge on any atom is 0.261 e. The lowest BCUT2D eigenvalue weighted by molar-refractivity contribution is 0.0728. The monoisotopic (exact) mass is 378 g/mol. The molecule has 2 N–H and O–H groups in total. The number of benzene rings is 1. The number of ketones is 1. The maximum absolute atomic E-state index is 13.2. The Hall–Kier alpha value is -3.22. The second kappa shape index (κ2) is 6.74. The summed E-state index contributed by atoms with van der Waals surface area (Å²) >= 11 is 0. The molecule has 0 bridgehead atoms. The van der Waals surface area contributed by atoms with Crippen LogP contribution in [0.5, 0.6) is 0 Å². The predicted molar refractivity (Wildman–Crippen MR) is 106 cm³/mol. The molecule has 2 aromatic heterocycles. The number of imidazole rings is 1. The van der Waals surface area contributed by atoms with Gasteiger partial charge in [0, 0.05) is 17.8 Å². The lowest BCUT2D eigenvalue weighted by Gasteiger charge is -2.23. The summed E-state index contributed by atoms with van der Waals surface area (Å²) in [5.74, 6) is 0.165. The summed E-state index contributed by atoms with van der Waals surface area (Å²) in [6.45, 7) is 5.63. The number of aryl methyl sites for hydroxylation is 2. The normalized spacial score (nSPS) is 16.7. The third-order valence-electron chi connectivity index (χ3n) is 5.33. The van der Waals surface area contributed by atoms with Crippen LogP contribution in [0.3, 0.4) is 0 Å². The number of Topliss-reactive ketones (excluding diaryl/α,β-unsaturated/α-hetero) is 1. The van der Waals surface area contributed by atoms with E-state index in [-0.39, 0.29) is 23.3 Å². The summed E-state index contributed by atoms with van der Waals surface area (Å²) in [6.07, 6.45) is 1.60. The van der Waals surface area contributed by atoms with Gasteiger partial charge >= 0.3 is 0 Å². The van der Waals surface area contributed by atoms with Gasteiger partial charge in [0.05, 0.1) is 17.1 Å². The number of carbonyl (C=O) groups is 2. The second-order valence-electron chi connectivity index (χ2n) is 7.41. The van der Waals surface area contributed by atoms with Crippen LogP contribution in [0, 0.1) is 13.8 Å². The molecule has 0 saturated carbocycles. The van der Waals surface area contributed by atoms with Crippen LogP contribution in [-0.4, -0.2) is 38.1 Å². The van der Waals surface area contributed by atoms with Gasteiger partial charge in [0.2, 0.25) is 0 Å². The molecule has 1 saturated heterocycles. The van der Waals surface area contributed by atoms with Gasteiger partial charge < -0.3 is 14.9 Å². The van der Waals surface area contributed by atoms with E-state index in [4.69, 9.17) is 0 Å². The summed E-state index contributed by atoms with van der Waals surface area (Å²) < 4.78 is 0. The molecule has 1 amide bonds. The Morgan fingerprint density at radius 3 is 2.68 bits per heavy atom. The fourth-order valence-electron chi connectivity index (χ4n) is 3.90. The molecule has 1 aliphatic rings. The molecule has 0 radical (unpaired) electrons. The molecule has 0 spiro atoms. The number of pyridine rings is 1. The van der Waals surface area contributed by atoms with Crippen LogP contribution in [0.25, 0.3) is 11.0 Å². The molecule has 3 heterocycles. The van der Waals surface area contributed by atoms with E-state index in [0.29, 0.717) is 17.8 Å². The smallest absolute Gasteiger partial charge is 0.261 e. The number of carbonyl (C=O) groups excluding carboxylic acids is 2. The number of nitrogens with zero attached hydrogens (tertiary/aromatic N) is 2. The van der Waals surface area contributed by atoms with E-state index in [9.17, 15) is 14.4 Å². The fourth-order valence-corrected chi connectivity index (χ4v) is 3.90. The molecule has 7 heteroatoms. The van der Waals surface area contributed by atoms with Crippen LogP contribution in [0.1, 0.15) is 63.6 Å². The summed E-state index contributed by atoms with van der Waals surface area (Å²) in [5, 5.41) is 0. The third kappa shape index (κ3) is 3.02. The van der Waals surface area contributed by atoms with Crippen molar-refractivity contribution in [3.05, 3.63) is 62.8 Å². The first kappa shape index (κ1) is 18.2. The lowest BCUT2D eigenvalue weighted by Crippen LogP contribution is -2.35. The minimum absolute atomic E-state index is 0.00495. The molecular formula is C21H22N4O3. The van der Waals surface area contributed by atoms with Crippen LogP contribution in [0.2, 0.25) is 0 Å². The maximum atomic E-state index is 13.2. The highest BCUT2D eigenvalue weighted by Crippen LogP contribution is 2.32. The van der Waals surface area contributed by atoms with E-state index >= 15 is 0 Å². The Morgan fingerprint density at radius 1 is 1.14 bits per heavy atom. The van der Waals surface area contributed by atoms with Gasteiger partial charge in [0.15, 0.2) is 5.78 Å². The topological polar surface area (TPSA) is 98.9 Å². The number of aromatic nitrogens is 3. The van der Waals surface area contributed by atoms with Crippen molar-refractivity contribution < 1.29 is 9.59 Å². The zero-order valence-electron chi connectivity index (χ0n) is 16.1. The number of aromatic amines is 2. The van der Waals surface area contributed by atoms with Crippen molar-refractivity contribution in [1.82, 2.24) is 19.9 Å². The number of nitrogens with one attached hydrogen (secondary N) is 2. The highest BCUT2D eigenvalue weighted by atomic mass is 16.2. The summed E-state index contributed by atoms with van der Waals surface area (Å²) in [5.41, 5.74) is 3.27. The zero-order valence-corrected chi connectivity index (χ0v) is 16.1. The molecule has 0 unspecified atom stereocenters. The summed E-state index contributed by atoms with van der Waals surface area (Å²) in [4.78, 5) is 49.7. The van der Waals surface area contributed by atoms with Crippen LogP contribution in [0.15, 0.2) is 29.1 Å². The highest BCUT2D eigenvalue weighted by molar-refractivity contribution is 6.00. The van der Waals surface area contributed by atoms with Gasteiger partial charge in [0.25, 0.3) is 11.5 Å². The molecule has 0 aliphatic carbocycles. The Morgan fingerprint density at radius 2 is 1.93 bits per heavy atom. The average molecular weight is 378 g/mol. The number of likely N-dealkylation sites (tertiary alicyclic amines) is 1. The summed E-state index contributed by atoms with van der Waals surface area (Å²) in [7, 11) is 0. The second-order valence-corrected chi connectivity index (χ2v) is 7.41. The SMILES string of the molecule is CC(=O)c1cc(C(=O)N2CCC[C@@H]2c2nc3ccc(C)cc3[nH]2)c(=O)[nH]c1C. The molecule has 3 aromatic rings. The molecule has 1 aliphatic heterocycles. The van der Waals surface area contributed by atoms with Gasteiger partial charge in [-0.15, -0.1) is 0 Å². The van der Waals surface area contributed by atoms with Gasteiger partial charge in [-0.05, 0) is 57.4 Å². The lowest BCUT2D eigenvalue weighted by atomic mass is 10.1. The average Bonchev–Trinajstić information content (AvgIpc) is 3.26. The Balaban J connectivity index is 1.71. The minimum atomic E-state index is -0.474. The molecule has 1 atom stereocenters. The van der Waals surface area contributed by atoms with Gasteiger partial charge in [-0.3, -0.25) is 14.4 Å². The Kier molecular flexibility index (Phi) is 4.37. The molecule has 1 fully saturated rings. The molecular weight excluding hydrogens is 356 g/mol. The van der Waals surface area contributed by atoms with E-state index in [0.717, 1.165) is 35.3 Å². The van der Waals surface area contributed by atoms with Crippen molar-refractivity contribution in [3.63, 3.8) is 0 Å². The van der Waals surface area contributed by atoms with Crippen molar-refractivity contribution in [3.8, 4) is 0 Å². The summed E-state index contributed by atoms with van der Waals surface area (Å²) in [6, 6.07) is 7.17. The Bertz CT molecular complexity index is 1160. The third-order valence-corrected chi connectivity index (χ3v) is 5.33. The van der Waals surface area contributed by atoms with E-state index < -0.39 is 5.56 Å². The number of hydrogen-bond donors (Lipinski definition) is 2. The van der Waals surface area contributed by atoms with Crippen molar-refractivity contribution >= 4 is 22.7 Å². The molecule has 7 nitrogen and oxygen atoms in total. The zero-order chi connectivity index (χ0) is 20.0. The van der Waals surface area contributed by atoms with Gasteiger partial charge in [-0.2, -0.15) is 0 Å². The van der Waals surface area contributed by atoms with Crippen LogP contribution in [0.4, 0.5) is 0 Å². The molecule has 144 valence electrons. The molecule has 1 aromatic carbocycles. The van der Waals surface area contributed by atoms with Crippen molar-refractivity contribution in [2.24, 2.45) is 0 Å². The molecule has 4 rings (SSSR count). The Labute approximate surface area is 161 Å². The van der Waals surface area contributed by atoms with E-state index in [1.54, 1.807) is 11.8 Å². The number of amides is 1. The van der Waals surface area contributed by atoms with Crippen LogP contribution < -0.4 is 5.56 Å². The standard InChI is InChI=1S/C21H22N4O3/c1-11-6-7-16-17(9-11)24-19(23-16)18-5-4-8-25(18)21(28)15-10-14(13(3)26)12(2)22-20(15)27/h6-7,9-10,18H,4-5,8H2,1-3H3,(H,22,27)(H,23,24)/t18-/m1/s1. The largest absolute Gasteiger partial charge is 0.340 e. The molecule has 28 heavy (non-hydrogen) atoms. The van der Waals surface area contributed by atoms with Crippen molar-refractivity contribution in [2.75, 3.05) is 6.54 Å². The number of fused-ring (bicyclic) bond motifs is 1. The van der Waals surface area contributed by atoms with Crippen LogP contribution >= 0.6 is 0 Å². The van der Waals surface area contributed by atoms with Gasteiger partial charge in [-0.1, -0.05) is 6.07 Å². The van der Waals surface area contributed by atoms with Crippen molar-refractivity contribution in [2.45, 2.75) is 39.7 Å².